The summed E-state index contributed by atoms with van der Waals surface area (Å²) >= 11 is 0. The Morgan fingerprint density at radius 2 is 1.56 bits per heavy atom. The molecule has 39 heavy (non-hydrogen) atoms. The number of hydrogen-bond donors (Lipinski definition) is 1. The molecule has 3 aromatic rings. The van der Waals surface area contributed by atoms with Gasteiger partial charge in [0.25, 0.3) is 11.8 Å². The lowest BCUT2D eigenvalue weighted by atomic mass is 10.1. The summed E-state index contributed by atoms with van der Waals surface area (Å²) < 4.78 is 28.7. The molecule has 1 aliphatic rings. The Bertz CT molecular complexity index is 1280. The molecule has 0 aliphatic carbocycles. The maximum atomic E-state index is 13.3. The number of aryl methyl sites for hydroxylation is 1. The highest BCUT2D eigenvalue weighted by Crippen LogP contribution is 2.40. The van der Waals surface area contributed by atoms with Crippen LogP contribution in [0.2, 0.25) is 0 Å². The topological polar surface area (TPSA) is 95.6 Å². The monoisotopic (exact) mass is 534 g/mol. The molecule has 0 atom stereocenters. The van der Waals surface area contributed by atoms with Crippen LogP contribution >= 0.6 is 0 Å². The van der Waals surface area contributed by atoms with Crippen LogP contribution in [0.3, 0.4) is 0 Å². The second-order valence-electron chi connectivity index (χ2n) is 8.73. The zero-order valence-corrected chi connectivity index (χ0v) is 22.7. The molecule has 0 saturated heterocycles. The Balaban J connectivity index is 1.53. The molecule has 2 amide bonds. The zero-order chi connectivity index (χ0) is 27.8. The van der Waals surface area contributed by atoms with E-state index in [-0.39, 0.29) is 18.4 Å². The maximum Gasteiger partial charge on any atom is 0.265 e. The minimum atomic E-state index is -0.364. The van der Waals surface area contributed by atoms with E-state index in [9.17, 15) is 9.59 Å². The summed E-state index contributed by atoms with van der Waals surface area (Å²) in [6.07, 6.45) is 0. The van der Waals surface area contributed by atoms with Crippen molar-refractivity contribution in [2.75, 3.05) is 49.8 Å². The minimum absolute atomic E-state index is 0.0597. The van der Waals surface area contributed by atoms with Gasteiger partial charge in [-0.15, -0.1) is 0 Å². The number of nitrogens with one attached hydrogen (secondary N) is 1. The van der Waals surface area contributed by atoms with Gasteiger partial charge in [-0.25, -0.2) is 0 Å². The van der Waals surface area contributed by atoms with E-state index in [2.05, 4.69) is 5.32 Å². The number of carbonyl (C=O) groups excluding carboxylic acids is 2. The summed E-state index contributed by atoms with van der Waals surface area (Å²) in [5, 5.41) is 2.91. The first-order valence-corrected chi connectivity index (χ1v) is 13.1. The molecular weight excluding hydrogens is 500 g/mol. The van der Waals surface area contributed by atoms with Crippen molar-refractivity contribution in [3.8, 4) is 28.7 Å². The van der Waals surface area contributed by atoms with Gasteiger partial charge >= 0.3 is 0 Å². The summed E-state index contributed by atoms with van der Waals surface area (Å²) in [6.45, 7) is 9.39. The molecule has 206 valence electrons. The van der Waals surface area contributed by atoms with Gasteiger partial charge in [-0.2, -0.15) is 0 Å². The van der Waals surface area contributed by atoms with Crippen molar-refractivity contribution < 1.29 is 33.3 Å². The second kappa shape index (κ2) is 12.9. The lowest BCUT2D eigenvalue weighted by molar-refractivity contribution is -0.121. The molecule has 0 radical (unpaired) electrons. The molecule has 4 rings (SSSR count). The highest BCUT2D eigenvalue weighted by Gasteiger charge is 2.26. The summed E-state index contributed by atoms with van der Waals surface area (Å²) in [6, 6.07) is 16.2. The molecular formula is C30H34N2O7. The van der Waals surface area contributed by atoms with Crippen LogP contribution in [0.4, 0.5) is 11.4 Å². The predicted octanol–water partition coefficient (Wildman–Crippen LogP) is 5.25. The number of benzene rings is 3. The van der Waals surface area contributed by atoms with E-state index in [0.717, 1.165) is 11.3 Å². The van der Waals surface area contributed by atoms with Crippen molar-refractivity contribution in [1.29, 1.82) is 0 Å². The van der Waals surface area contributed by atoms with E-state index in [0.29, 0.717) is 72.9 Å². The smallest absolute Gasteiger partial charge is 0.265 e. The zero-order valence-electron chi connectivity index (χ0n) is 22.7. The number of hydrogen-bond acceptors (Lipinski definition) is 7. The molecule has 3 aromatic carbocycles. The van der Waals surface area contributed by atoms with Crippen LogP contribution in [0, 0.1) is 6.92 Å². The summed E-state index contributed by atoms with van der Waals surface area (Å²) in [5.74, 6) is 2.06. The van der Waals surface area contributed by atoms with Gasteiger partial charge in [0, 0.05) is 11.3 Å². The molecule has 9 nitrogen and oxygen atoms in total. The van der Waals surface area contributed by atoms with Gasteiger partial charge in [-0.3, -0.25) is 9.59 Å². The van der Waals surface area contributed by atoms with Crippen LogP contribution in [0.1, 0.15) is 36.7 Å². The van der Waals surface area contributed by atoms with Crippen molar-refractivity contribution >= 4 is 23.2 Å². The Kier molecular flexibility index (Phi) is 9.14. The third-order valence-electron chi connectivity index (χ3n) is 5.94. The van der Waals surface area contributed by atoms with E-state index in [1.54, 1.807) is 35.2 Å². The summed E-state index contributed by atoms with van der Waals surface area (Å²) in [4.78, 5) is 27.6. The van der Waals surface area contributed by atoms with Gasteiger partial charge in [-0.1, -0.05) is 17.7 Å². The molecule has 1 heterocycles. The van der Waals surface area contributed by atoms with E-state index in [4.69, 9.17) is 23.7 Å². The lowest BCUT2D eigenvalue weighted by Gasteiger charge is -2.29. The Labute approximate surface area is 228 Å². The predicted molar refractivity (Wildman–Crippen MR) is 149 cm³/mol. The normalized spacial score (nSPS) is 12.3. The molecule has 0 unspecified atom stereocenters. The lowest BCUT2D eigenvalue weighted by Crippen LogP contribution is -2.41. The Morgan fingerprint density at radius 1 is 0.897 bits per heavy atom. The third-order valence-corrected chi connectivity index (χ3v) is 5.94. The van der Waals surface area contributed by atoms with Crippen molar-refractivity contribution in [3.05, 3.63) is 65.7 Å². The van der Waals surface area contributed by atoms with Gasteiger partial charge in [0.2, 0.25) is 5.75 Å². The molecule has 0 saturated carbocycles. The highest BCUT2D eigenvalue weighted by molar-refractivity contribution is 6.06. The van der Waals surface area contributed by atoms with E-state index >= 15 is 0 Å². The fourth-order valence-electron chi connectivity index (χ4n) is 4.14. The van der Waals surface area contributed by atoms with Crippen LogP contribution in [0.15, 0.2) is 54.6 Å². The van der Waals surface area contributed by atoms with Crippen molar-refractivity contribution in [2.24, 2.45) is 0 Å². The first-order chi connectivity index (χ1) is 18.9. The minimum Gasteiger partial charge on any atom is -0.492 e. The Hall–Kier alpha value is -4.40. The summed E-state index contributed by atoms with van der Waals surface area (Å²) in [7, 11) is 0. The van der Waals surface area contributed by atoms with Crippen LogP contribution in [0.5, 0.6) is 28.7 Å². The van der Waals surface area contributed by atoms with Crippen LogP contribution < -0.4 is 33.9 Å². The van der Waals surface area contributed by atoms with Gasteiger partial charge in [0.05, 0.1) is 32.1 Å². The first kappa shape index (κ1) is 27.6. The first-order valence-electron chi connectivity index (χ1n) is 13.1. The van der Waals surface area contributed by atoms with Crippen molar-refractivity contribution in [3.63, 3.8) is 0 Å². The van der Waals surface area contributed by atoms with Crippen molar-refractivity contribution in [2.45, 2.75) is 27.7 Å². The quantitative estimate of drug-likeness (QED) is 0.339. The van der Waals surface area contributed by atoms with Gasteiger partial charge in [0.1, 0.15) is 18.1 Å². The number of amides is 2. The van der Waals surface area contributed by atoms with E-state index in [1.807, 2.05) is 52.0 Å². The van der Waals surface area contributed by atoms with E-state index < -0.39 is 0 Å². The molecule has 1 aliphatic heterocycles. The number of carbonyl (C=O) groups is 2. The SMILES string of the molecule is CCOc1cc(C(=O)Nc2ccc3c(c2)N(CCOc2ccc(C)cc2)C(=O)CO3)cc(OCC)c1OCC. The number of rotatable bonds is 12. The average Bonchev–Trinajstić information content (AvgIpc) is 2.93. The average molecular weight is 535 g/mol. The van der Waals surface area contributed by atoms with Gasteiger partial charge < -0.3 is 33.9 Å². The van der Waals surface area contributed by atoms with Gasteiger partial charge in [-0.05, 0) is 70.2 Å². The fraction of sp³-hybridized carbons (Fsp3) is 0.333. The molecule has 0 aromatic heterocycles. The number of anilines is 2. The number of fused-ring (bicyclic) bond motifs is 1. The molecule has 1 N–H and O–H groups in total. The summed E-state index contributed by atoms with van der Waals surface area (Å²) in [5.41, 5.74) is 2.56. The molecule has 0 fully saturated rings. The van der Waals surface area contributed by atoms with Crippen molar-refractivity contribution in [1.82, 2.24) is 0 Å². The van der Waals surface area contributed by atoms with Crippen LogP contribution in [-0.2, 0) is 4.79 Å². The number of nitrogens with zero attached hydrogens (tertiary/aromatic N) is 1. The second-order valence-corrected chi connectivity index (χ2v) is 8.73. The fourth-order valence-corrected chi connectivity index (χ4v) is 4.14. The largest absolute Gasteiger partial charge is 0.492 e. The van der Waals surface area contributed by atoms with E-state index in [1.165, 1.54) is 0 Å². The molecule has 0 spiro atoms. The Morgan fingerprint density at radius 3 is 2.21 bits per heavy atom. The number of ether oxygens (including phenoxy) is 5. The molecule has 9 heteroatoms. The highest BCUT2D eigenvalue weighted by atomic mass is 16.5. The van der Waals surface area contributed by atoms with Gasteiger partial charge in [0.15, 0.2) is 18.1 Å². The third kappa shape index (κ3) is 6.73. The molecule has 0 bridgehead atoms. The maximum absolute atomic E-state index is 13.3. The van der Waals surface area contributed by atoms with Crippen LogP contribution in [-0.4, -0.2) is 51.4 Å². The van der Waals surface area contributed by atoms with Crippen LogP contribution in [0.25, 0.3) is 0 Å². The standard InChI is InChI=1S/C30H34N2O7/c1-5-35-26-16-21(17-27(36-6-2)29(26)37-7-3)30(34)31-22-10-13-25-24(18-22)32(28(33)19-39-25)14-15-38-23-11-8-20(4)9-12-23/h8-13,16-18H,5-7,14-15,19H2,1-4H3,(H,31,34).